The monoisotopic (exact) mass is 243 g/mol. The van der Waals surface area contributed by atoms with Crippen molar-refractivity contribution >= 4 is 17.4 Å². The fourth-order valence-electron chi connectivity index (χ4n) is 1.52. The van der Waals surface area contributed by atoms with Gasteiger partial charge < -0.3 is 5.32 Å². The zero-order valence-electron chi connectivity index (χ0n) is 9.39. The Kier molecular flexibility index (Phi) is 4.90. The van der Waals surface area contributed by atoms with Crippen molar-refractivity contribution in [2.24, 2.45) is 0 Å². The van der Waals surface area contributed by atoms with Crippen LogP contribution in [0.2, 0.25) is 5.02 Å². The number of Topliss-reactive ketones (excluding diaryl/α,β-unsaturated/α-hetero) is 1. The quantitative estimate of drug-likeness (QED) is 0.806. The molecular formula is C12H15ClFNO. The van der Waals surface area contributed by atoms with Crippen LogP contribution in [0.4, 0.5) is 4.39 Å². The lowest BCUT2D eigenvalue weighted by molar-refractivity contribution is 0.0971. The first-order chi connectivity index (χ1) is 7.54. The van der Waals surface area contributed by atoms with Crippen molar-refractivity contribution in [2.45, 2.75) is 26.3 Å². The van der Waals surface area contributed by atoms with Crippen LogP contribution in [0.1, 0.15) is 30.6 Å². The molecule has 1 atom stereocenters. The zero-order chi connectivity index (χ0) is 12.1. The average molecular weight is 244 g/mol. The van der Waals surface area contributed by atoms with Gasteiger partial charge in [-0.2, -0.15) is 0 Å². The van der Waals surface area contributed by atoms with Crippen LogP contribution in [0.3, 0.4) is 0 Å². The molecule has 0 radical (unpaired) electrons. The third kappa shape index (κ3) is 3.58. The van der Waals surface area contributed by atoms with Crippen LogP contribution in [-0.4, -0.2) is 18.4 Å². The summed E-state index contributed by atoms with van der Waals surface area (Å²) in [6.45, 7) is 4.68. The minimum absolute atomic E-state index is 0.0665. The summed E-state index contributed by atoms with van der Waals surface area (Å²) in [5.74, 6) is -0.582. The first-order valence-corrected chi connectivity index (χ1v) is 5.64. The number of carbonyl (C=O) groups excluding carboxylic acids is 1. The summed E-state index contributed by atoms with van der Waals surface area (Å²) in [6, 6.07) is 3.90. The molecule has 0 aliphatic heterocycles. The Hall–Kier alpha value is -0.930. The normalized spacial score (nSPS) is 12.5. The van der Waals surface area contributed by atoms with E-state index in [-0.39, 0.29) is 17.4 Å². The van der Waals surface area contributed by atoms with E-state index in [2.05, 4.69) is 5.32 Å². The number of hydrogen-bond donors (Lipinski definition) is 1. The van der Waals surface area contributed by atoms with Gasteiger partial charge in [-0.3, -0.25) is 4.79 Å². The molecule has 1 aromatic rings. The summed E-state index contributed by atoms with van der Waals surface area (Å²) in [5, 5.41) is 3.42. The van der Waals surface area contributed by atoms with Crippen LogP contribution < -0.4 is 5.32 Å². The smallest absolute Gasteiger partial charge is 0.166 e. The van der Waals surface area contributed by atoms with Gasteiger partial charge in [0.2, 0.25) is 0 Å². The molecule has 1 N–H and O–H groups in total. The molecule has 16 heavy (non-hydrogen) atoms. The molecule has 0 spiro atoms. The minimum atomic E-state index is -0.441. The molecule has 1 unspecified atom stereocenters. The Morgan fingerprint density at radius 3 is 2.88 bits per heavy atom. The first kappa shape index (κ1) is 13.1. The van der Waals surface area contributed by atoms with Crippen LogP contribution in [0.5, 0.6) is 0 Å². The molecule has 0 aromatic heterocycles. The highest BCUT2D eigenvalue weighted by Gasteiger charge is 2.14. The molecule has 1 rings (SSSR count). The summed E-state index contributed by atoms with van der Waals surface area (Å²) in [5.41, 5.74) is 0.256. The van der Waals surface area contributed by atoms with Crippen molar-refractivity contribution < 1.29 is 9.18 Å². The van der Waals surface area contributed by atoms with Gasteiger partial charge in [0.15, 0.2) is 5.78 Å². The Balaban J connectivity index is 2.76. The van der Waals surface area contributed by atoms with E-state index in [0.717, 1.165) is 6.54 Å². The molecule has 0 heterocycles. The molecule has 0 aliphatic rings. The van der Waals surface area contributed by atoms with E-state index in [1.54, 1.807) is 0 Å². The summed E-state index contributed by atoms with van der Waals surface area (Å²) in [6.07, 6.45) is 0.316. The van der Waals surface area contributed by atoms with E-state index in [4.69, 9.17) is 11.6 Å². The second-order valence-electron chi connectivity index (χ2n) is 3.71. The summed E-state index contributed by atoms with van der Waals surface area (Å²) in [4.78, 5) is 11.8. The number of halogens is 2. The highest BCUT2D eigenvalue weighted by atomic mass is 35.5. The van der Waals surface area contributed by atoms with Crippen LogP contribution in [0.15, 0.2) is 18.2 Å². The van der Waals surface area contributed by atoms with Gasteiger partial charge in [-0.05, 0) is 31.7 Å². The van der Waals surface area contributed by atoms with E-state index in [0.29, 0.717) is 11.4 Å². The number of nitrogens with one attached hydrogen (secondary N) is 1. The molecule has 0 aliphatic carbocycles. The topological polar surface area (TPSA) is 29.1 Å². The van der Waals surface area contributed by atoms with E-state index in [9.17, 15) is 9.18 Å². The third-order valence-electron chi connectivity index (χ3n) is 2.27. The lowest BCUT2D eigenvalue weighted by atomic mass is 10.0. The molecule has 0 saturated heterocycles. The summed E-state index contributed by atoms with van der Waals surface area (Å²) < 4.78 is 13.0. The molecule has 0 amide bonds. The van der Waals surface area contributed by atoms with E-state index in [1.807, 2.05) is 13.8 Å². The minimum Gasteiger partial charge on any atom is -0.314 e. The second-order valence-corrected chi connectivity index (χ2v) is 4.12. The molecule has 0 fully saturated rings. The summed E-state index contributed by atoms with van der Waals surface area (Å²) >= 11 is 5.84. The average Bonchev–Trinajstić information content (AvgIpc) is 2.21. The zero-order valence-corrected chi connectivity index (χ0v) is 10.1. The number of benzene rings is 1. The van der Waals surface area contributed by atoms with Crippen molar-refractivity contribution in [3.63, 3.8) is 0 Å². The molecule has 88 valence electrons. The molecule has 2 nitrogen and oxygen atoms in total. The van der Waals surface area contributed by atoms with Crippen molar-refractivity contribution in [3.05, 3.63) is 34.6 Å². The Bertz CT molecular complexity index is 381. The van der Waals surface area contributed by atoms with E-state index >= 15 is 0 Å². The van der Waals surface area contributed by atoms with Gasteiger partial charge in [-0.25, -0.2) is 4.39 Å². The fourth-order valence-corrected chi connectivity index (χ4v) is 1.74. The Labute approximate surface area is 99.8 Å². The number of hydrogen-bond acceptors (Lipinski definition) is 2. The Morgan fingerprint density at radius 2 is 2.25 bits per heavy atom. The Morgan fingerprint density at radius 1 is 1.56 bits per heavy atom. The largest absolute Gasteiger partial charge is 0.314 e. The highest BCUT2D eigenvalue weighted by Crippen LogP contribution is 2.19. The van der Waals surface area contributed by atoms with Crippen LogP contribution in [0.25, 0.3) is 0 Å². The number of carbonyl (C=O) groups is 1. The molecule has 0 saturated carbocycles. The molecule has 0 bridgehead atoms. The maximum atomic E-state index is 13.0. The lowest BCUT2D eigenvalue weighted by Crippen LogP contribution is -2.28. The lowest BCUT2D eigenvalue weighted by Gasteiger charge is -2.11. The van der Waals surface area contributed by atoms with Gasteiger partial charge in [0.1, 0.15) is 5.82 Å². The predicted molar refractivity (Wildman–Crippen MR) is 63.5 cm³/mol. The standard InChI is InChI=1S/C12H15ClFNO/c1-3-15-8(2)6-12(16)10-7-9(14)4-5-11(10)13/h4-5,7-8,15H,3,6H2,1-2H3. The van der Waals surface area contributed by atoms with E-state index < -0.39 is 5.82 Å². The van der Waals surface area contributed by atoms with Crippen LogP contribution in [-0.2, 0) is 0 Å². The van der Waals surface area contributed by atoms with E-state index in [1.165, 1.54) is 18.2 Å². The van der Waals surface area contributed by atoms with Crippen molar-refractivity contribution in [1.82, 2.24) is 5.32 Å². The molecule has 1 aromatic carbocycles. The van der Waals surface area contributed by atoms with Gasteiger partial charge in [-0.1, -0.05) is 18.5 Å². The number of rotatable bonds is 5. The maximum absolute atomic E-state index is 13.0. The van der Waals surface area contributed by atoms with Gasteiger partial charge in [0.05, 0.1) is 5.02 Å². The molecular weight excluding hydrogens is 229 g/mol. The van der Waals surface area contributed by atoms with Gasteiger partial charge in [-0.15, -0.1) is 0 Å². The van der Waals surface area contributed by atoms with Crippen molar-refractivity contribution in [3.8, 4) is 0 Å². The van der Waals surface area contributed by atoms with Gasteiger partial charge in [0.25, 0.3) is 0 Å². The first-order valence-electron chi connectivity index (χ1n) is 5.26. The van der Waals surface area contributed by atoms with Crippen LogP contribution in [0, 0.1) is 5.82 Å². The van der Waals surface area contributed by atoms with Gasteiger partial charge >= 0.3 is 0 Å². The third-order valence-corrected chi connectivity index (χ3v) is 2.60. The van der Waals surface area contributed by atoms with Crippen molar-refractivity contribution in [1.29, 1.82) is 0 Å². The predicted octanol–water partition coefficient (Wildman–Crippen LogP) is 3.05. The maximum Gasteiger partial charge on any atom is 0.166 e. The highest BCUT2D eigenvalue weighted by molar-refractivity contribution is 6.33. The summed E-state index contributed by atoms with van der Waals surface area (Å²) in [7, 11) is 0. The van der Waals surface area contributed by atoms with Crippen LogP contribution >= 0.6 is 11.6 Å². The second kappa shape index (κ2) is 5.97. The fraction of sp³-hybridized carbons (Fsp3) is 0.417. The van der Waals surface area contributed by atoms with Crippen molar-refractivity contribution in [2.75, 3.05) is 6.54 Å². The van der Waals surface area contributed by atoms with Gasteiger partial charge in [0, 0.05) is 18.0 Å². The molecule has 4 heteroatoms. The SMILES string of the molecule is CCNC(C)CC(=O)c1cc(F)ccc1Cl. The number of ketones is 1.